The van der Waals surface area contributed by atoms with Crippen molar-refractivity contribution in [3.8, 4) is 0 Å². The van der Waals surface area contributed by atoms with E-state index in [4.69, 9.17) is 4.74 Å². The van der Waals surface area contributed by atoms with Crippen LogP contribution in [0.25, 0.3) is 6.08 Å². The molecule has 0 saturated carbocycles. The molecule has 1 aromatic rings. The van der Waals surface area contributed by atoms with Gasteiger partial charge in [0.15, 0.2) is 5.12 Å². The van der Waals surface area contributed by atoms with Gasteiger partial charge in [0.25, 0.3) is 0 Å². The van der Waals surface area contributed by atoms with E-state index < -0.39 is 0 Å². The molecule has 0 aromatic carbocycles. The molecule has 1 unspecified atom stereocenters. The zero-order chi connectivity index (χ0) is 15.9. The first-order valence-electron chi connectivity index (χ1n) is 7.34. The maximum atomic E-state index is 11.6. The van der Waals surface area contributed by atoms with Gasteiger partial charge in [-0.05, 0) is 31.5 Å². The highest BCUT2D eigenvalue weighted by atomic mass is 32.2. The highest BCUT2D eigenvalue weighted by Gasteiger charge is 2.21. The quantitative estimate of drug-likeness (QED) is 0.827. The van der Waals surface area contributed by atoms with Gasteiger partial charge in [0.05, 0.1) is 24.8 Å². The van der Waals surface area contributed by atoms with E-state index in [1.807, 2.05) is 6.08 Å². The lowest BCUT2D eigenvalue weighted by molar-refractivity contribution is -0.143. The van der Waals surface area contributed by atoms with Gasteiger partial charge in [-0.2, -0.15) is 0 Å². The highest BCUT2D eigenvalue weighted by Crippen LogP contribution is 2.27. The van der Waals surface area contributed by atoms with E-state index in [9.17, 15) is 9.59 Å². The van der Waals surface area contributed by atoms with Crippen LogP contribution in [0.2, 0.25) is 0 Å². The fraction of sp³-hybridized carbons (Fsp3) is 0.533. The van der Waals surface area contributed by atoms with Crippen molar-refractivity contribution in [3.63, 3.8) is 0 Å². The number of piperidine rings is 1. The number of rotatable bonds is 5. The van der Waals surface area contributed by atoms with E-state index in [1.165, 1.54) is 11.8 Å². The Morgan fingerprint density at radius 3 is 3.14 bits per heavy atom. The molecular formula is C15H21N3O3S. The van der Waals surface area contributed by atoms with Crippen LogP contribution in [0.5, 0.6) is 0 Å². The molecule has 0 radical (unpaired) electrons. The monoisotopic (exact) mass is 323 g/mol. The highest BCUT2D eigenvalue weighted by molar-refractivity contribution is 8.14. The van der Waals surface area contributed by atoms with Gasteiger partial charge in [0, 0.05) is 18.7 Å². The smallest absolute Gasteiger partial charge is 0.325 e. The number of carbonyl (C=O) groups excluding carboxylic acids is 2. The summed E-state index contributed by atoms with van der Waals surface area (Å²) in [6, 6.07) is 0. The van der Waals surface area contributed by atoms with Crippen LogP contribution >= 0.6 is 11.8 Å². The van der Waals surface area contributed by atoms with Crippen LogP contribution in [-0.4, -0.2) is 45.6 Å². The molecule has 22 heavy (non-hydrogen) atoms. The number of hydrogen-bond acceptors (Lipinski definition) is 6. The van der Waals surface area contributed by atoms with Crippen molar-refractivity contribution in [2.75, 3.05) is 19.7 Å². The van der Waals surface area contributed by atoms with Gasteiger partial charge in [0.2, 0.25) is 0 Å². The second kappa shape index (κ2) is 8.14. The van der Waals surface area contributed by atoms with Crippen LogP contribution in [0.15, 0.2) is 18.1 Å². The predicted molar refractivity (Wildman–Crippen MR) is 86.4 cm³/mol. The van der Waals surface area contributed by atoms with E-state index in [2.05, 4.69) is 10.3 Å². The number of thioether (sulfide) groups is 1. The van der Waals surface area contributed by atoms with Crippen LogP contribution in [0.4, 0.5) is 0 Å². The third kappa shape index (κ3) is 4.71. The van der Waals surface area contributed by atoms with Crippen LogP contribution in [0.3, 0.4) is 0 Å². The Kier molecular flexibility index (Phi) is 6.21. The van der Waals surface area contributed by atoms with Crippen molar-refractivity contribution < 1.29 is 14.3 Å². The molecule has 0 aliphatic carbocycles. The summed E-state index contributed by atoms with van der Waals surface area (Å²) in [6.45, 7) is 5.54. The third-order valence-corrected chi connectivity index (χ3v) is 4.47. The van der Waals surface area contributed by atoms with Gasteiger partial charge in [-0.25, -0.2) is 4.98 Å². The normalized spacial score (nSPS) is 20.1. The van der Waals surface area contributed by atoms with Crippen molar-refractivity contribution in [2.45, 2.75) is 32.1 Å². The fourth-order valence-electron chi connectivity index (χ4n) is 2.36. The molecule has 120 valence electrons. The molecule has 1 atom stereocenters. The molecule has 6 nitrogen and oxygen atoms in total. The average molecular weight is 323 g/mol. The second-order valence-corrected chi connectivity index (χ2v) is 6.41. The van der Waals surface area contributed by atoms with Gasteiger partial charge in [0.1, 0.15) is 6.54 Å². The second-order valence-electron chi connectivity index (χ2n) is 5.03. The number of esters is 1. The number of carbonyl (C=O) groups is 2. The maximum Gasteiger partial charge on any atom is 0.325 e. The van der Waals surface area contributed by atoms with Crippen LogP contribution < -0.4 is 5.32 Å². The summed E-state index contributed by atoms with van der Waals surface area (Å²) in [6.07, 6.45) is 6.27. The minimum absolute atomic E-state index is 0.123. The maximum absolute atomic E-state index is 11.6. The third-order valence-electron chi connectivity index (χ3n) is 3.32. The Morgan fingerprint density at radius 2 is 2.41 bits per heavy atom. The summed E-state index contributed by atoms with van der Waals surface area (Å²) in [5.74, 6) is -0.281. The molecule has 1 aromatic heterocycles. The molecule has 2 heterocycles. The molecule has 1 saturated heterocycles. The molecule has 0 amide bonds. The lowest BCUT2D eigenvalue weighted by Crippen LogP contribution is -2.32. The van der Waals surface area contributed by atoms with Crippen molar-refractivity contribution in [3.05, 3.63) is 23.8 Å². The van der Waals surface area contributed by atoms with E-state index >= 15 is 0 Å². The summed E-state index contributed by atoms with van der Waals surface area (Å²) in [5, 5.41) is 3.62. The Balaban J connectivity index is 2.14. The SMILES string of the molecule is CCOC(=O)Cn1cncc1/C=C1\CNCCC1SC(C)=O. The summed E-state index contributed by atoms with van der Waals surface area (Å²) in [5.41, 5.74) is 2.00. The summed E-state index contributed by atoms with van der Waals surface area (Å²) in [4.78, 5) is 27.1. The molecule has 2 rings (SSSR count). The van der Waals surface area contributed by atoms with Crippen molar-refractivity contribution in [1.29, 1.82) is 0 Å². The van der Waals surface area contributed by atoms with Crippen LogP contribution in [0, 0.1) is 0 Å². The van der Waals surface area contributed by atoms with E-state index in [0.29, 0.717) is 6.61 Å². The average Bonchev–Trinajstić information content (AvgIpc) is 2.88. The summed E-state index contributed by atoms with van der Waals surface area (Å²) >= 11 is 1.36. The molecule has 0 bridgehead atoms. The first-order chi connectivity index (χ1) is 10.6. The minimum atomic E-state index is -0.281. The first kappa shape index (κ1) is 16.8. The number of nitrogens with zero attached hydrogens (tertiary/aromatic N) is 2. The van der Waals surface area contributed by atoms with Gasteiger partial charge < -0.3 is 14.6 Å². The topological polar surface area (TPSA) is 73.2 Å². The predicted octanol–water partition coefficient (Wildman–Crippen LogP) is 1.47. The Hall–Kier alpha value is -1.60. The van der Waals surface area contributed by atoms with E-state index in [0.717, 1.165) is 30.8 Å². The lowest BCUT2D eigenvalue weighted by atomic mass is 10.0. The molecule has 1 aliphatic heterocycles. The zero-order valence-corrected chi connectivity index (χ0v) is 13.7. The van der Waals surface area contributed by atoms with Gasteiger partial charge in [-0.3, -0.25) is 9.59 Å². The van der Waals surface area contributed by atoms with E-state index in [-0.39, 0.29) is 22.9 Å². The van der Waals surface area contributed by atoms with Gasteiger partial charge >= 0.3 is 5.97 Å². The Bertz CT molecular complexity index is 568. The Morgan fingerprint density at radius 1 is 1.59 bits per heavy atom. The molecular weight excluding hydrogens is 302 g/mol. The van der Waals surface area contributed by atoms with Crippen molar-refractivity contribution in [1.82, 2.24) is 14.9 Å². The molecule has 7 heteroatoms. The van der Waals surface area contributed by atoms with Crippen LogP contribution in [0.1, 0.15) is 26.0 Å². The molecule has 1 N–H and O–H groups in total. The van der Waals surface area contributed by atoms with Crippen LogP contribution in [-0.2, 0) is 20.9 Å². The molecule has 1 fully saturated rings. The Labute approximate surface area is 134 Å². The van der Waals surface area contributed by atoms with Crippen molar-refractivity contribution in [2.24, 2.45) is 0 Å². The standard InChI is InChI=1S/C15H21N3O3S/c1-3-21-15(20)9-18-10-17-8-13(18)6-12-7-16-5-4-14(12)22-11(2)19/h6,8,10,14,16H,3-5,7,9H2,1-2H3/b12-6+. The number of aromatic nitrogens is 2. The zero-order valence-electron chi connectivity index (χ0n) is 12.9. The van der Waals surface area contributed by atoms with Crippen molar-refractivity contribution >= 4 is 28.9 Å². The molecule has 1 aliphatic rings. The minimum Gasteiger partial charge on any atom is -0.465 e. The molecule has 0 spiro atoms. The van der Waals surface area contributed by atoms with Gasteiger partial charge in [-0.1, -0.05) is 11.8 Å². The van der Waals surface area contributed by atoms with E-state index in [1.54, 1.807) is 30.9 Å². The number of nitrogens with one attached hydrogen (secondary N) is 1. The first-order valence-corrected chi connectivity index (χ1v) is 8.22. The van der Waals surface area contributed by atoms with Gasteiger partial charge in [-0.15, -0.1) is 0 Å². The number of hydrogen-bond donors (Lipinski definition) is 1. The number of ether oxygens (including phenoxy) is 1. The largest absolute Gasteiger partial charge is 0.465 e. The number of imidazole rings is 1. The summed E-state index contributed by atoms with van der Waals surface area (Å²) in [7, 11) is 0. The lowest BCUT2D eigenvalue weighted by Gasteiger charge is -2.25. The summed E-state index contributed by atoms with van der Waals surface area (Å²) < 4.78 is 6.72. The fourth-order valence-corrected chi connectivity index (χ4v) is 3.30.